The highest BCUT2D eigenvalue weighted by Gasteiger charge is 2.19. The molecule has 0 aliphatic carbocycles. The van der Waals surface area contributed by atoms with Crippen LogP contribution in [0.1, 0.15) is 6.92 Å². The van der Waals surface area contributed by atoms with Gasteiger partial charge in [-0.3, -0.25) is 4.79 Å². The van der Waals surface area contributed by atoms with Crippen LogP contribution in [0.4, 0.5) is 24.5 Å². The first-order chi connectivity index (χ1) is 10.9. The topological polar surface area (TPSA) is 50.4 Å². The number of rotatable bonds is 5. The lowest BCUT2D eigenvalue weighted by Gasteiger charge is -2.17. The van der Waals surface area contributed by atoms with Gasteiger partial charge in [-0.25, -0.2) is 13.2 Å². The Hall–Kier alpha value is -2.70. The lowest BCUT2D eigenvalue weighted by molar-refractivity contribution is -0.116. The van der Waals surface area contributed by atoms with Crippen LogP contribution in [0.15, 0.2) is 36.4 Å². The summed E-state index contributed by atoms with van der Waals surface area (Å²) in [5.74, 6) is -4.47. The van der Waals surface area contributed by atoms with Crippen LogP contribution in [-0.2, 0) is 4.79 Å². The van der Waals surface area contributed by atoms with Gasteiger partial charge >= 0.3 is 0 Å². The fraction of sp³-hybridized carbons (Fsp3) is 0.188. The summed E-state index contributed by atoms with van der Waals surface area (Å²) in [6.45, 7) is 1.54. The molecule has 0 aromatic heterocycles. The number of carbonyl (C=O) groups excluding carboxylic acids is 1. The van der Waals surface area contributed by atoms with E-state index < -0.39 is 35.1 Å². The number of methoxy groups -OCH3 is 1. The van der Waals surface area contributed by atoms with Gasteiger partial charge in [-0.15, -0.1) is 0 Å². The molecule has 0 spiro atoms. The number of halogens is 3. The van der Waals surface area contributed by atoms with E-state index in [2.05, 4.69) is 10.6 Å². The zero-order chi connectivity index (χ0) is 17.0. The first kappa shape index (κ1) is 16.7. The van der Waals surface area contributed by atoms with E-state index in [4.69, 9.17) is 4.74 Å². The molecule has 2 aromatic carbocycles. The van der Waals surface area contributed by atoms with Gasteiger partial charge in [0.15, 0.2) is 17.5 Å². The van der Waals surface area contributed by atoms with Gasteiger partial charge in [0.2, 0.25) is 5.91 Å². The van der Waals surface area contributed by atoms with Crippen LogP contribution in [-0.4, -0.2) is 19.1 Å². The third-order valence-corrected chi connectivity index (χ3v) is 3.17. The Kier molecular flexibility index (Phi) is 5.10. The highest BCUT2D eigenvalue weighted by atomic mass is 19.2. The molecule has 2 N–H and O–H groups in total. The maximum atomic E-state index is 13.6. The van der Waals surface area contributed by atoms with Crippen molar-refractivity contribution >= 4 is 17.3 Å². The number of anilines is 2. The van der Waals surface area contributed by atoms with E-state index in [1.807, 2.05) is 0 Å². The third-order valence-electron chi connectivity index (χ3n) is 3.17. The number of ether oxygens (including phenoxy) is 1. The van der Waals surface area contributed by atoms with Gasteiger partial charge in [0.1, 0.15) is 11.8 Å². The molecule has 1 unspecified atom stereocenters. The monoisotopic (exact) mass is 324 g/mol. The molecular weight excluding hydrogens is 309 g/mol. The van der Waals surface area contributed by atoms with Crippen LogP contribution < -0.4 is 15.4 Å². The molecular formula is C16H15F3N2O2. The lowest BCUT2D eigenvalue weighted by atomic mass is 10.2. The van der Waals surface area contributed by atoms with E-state index in [0.29, 0.717) is 11.4 Å². The summed E-state index contributed by atoms with van der Waals surface area (Å²) in [6.07, 6.45) is 0. The summed E-state index contributed by atoms with van der Waals surface area (Å²) in [5, 5.41) is 5.11. The molecule has 0 bridgehead atoms. The van der Waals surface area contributed by atoms with Crippen LogP contribution in [0.3, 0.4) is 0 Å². The van der Waals surface area contributed by atoms with Crippen molar-refractivity contribution in [1.29, 1.82) is 0 Å². The van der Waals surface area contributed by atoms with Crippen molar-refractivity contribution in [2.75, 3.05) is 17.7 Å². The van der Waals surface area contributed by atoms with Crippen LogP contribution in [0.25, 0.3) is 0 Å². The first-order valence-corrected chi connectivity index (χ1v) is 6.78. The van der Waals surface area contributed by atoms with Crippen molar-refractivity contribution in [3.63, 3.8) is 0 Å². The Bertz CT molecular complexity index is 722. The van der Waals surface area contributed by atoms with Gasteiger partial charge in [0.25, 0.3) is 0 Å². The Balaban J connectivity index is 2.10. The molecule has 1 atom stereocenters. The summed E-state index contributed by atoms with van der Waals surface area (Å²) in [6, 6.07) is 7.88. The third kappa shape index (κ3) is 3.74. The van der Waals surface area contributed by atoms with Crippen molar-refractivity contribution in [3.8, 4) is 5.75 Å². The number of nitrogens with one attached hydrogen (secondary N) is 2. The zero-order valence-corrected chi connectivity index (χ0v) is 12.5. The minimum absolute atomic E-state index is 0.428. The highest BCUT2D eigenvalue weighted by Crippen LogP contribution is 2.24. The quantitative estimate of drug-likeness (QED) is 0.827. The molecule has 0 radical (unpaired) electrons. The second-order valence-corrected chi connectivity index (χ2v) is 4.78. The van der Waals surface area contributed by atoms with Crippen molar-refractivity contribution in [3.05, 3.63) is 53.8 Å². The standard InChI is InChI=1S/C16H15F3N2O2/c1-9(20-11-5-3-4-6-13(11)23-2)16(22)21-12-8-7-10(17)14(18)15(12)19/h3-9,20H,1-2H3,(H,21,22). The Morgan fingerprint density at radius 3 is 2.43 bits per heavy atom. The minimum Gasteiger partial charge on any atom is -0.495 e. The summed E-state index contributed by atoms with van der Waals surface area (Å²) < 4.78 is 44.7. The summed E-state index contributed by atoms with van der Waals surface area (Å²) in [5.41, 5.74) is 0.144. The van der Waals surface area contributed by atoms with Gasteiger partial charge in [0.05, 0.1) is 18.5 Å². The fourth-order valence-corrected chi connectivity index (χ4v) is 1.93. The Morgan fingerprint density at radius 2 is 1.74 bits per heavy atom. The van der Waals surface area contributed by atoms with Crippen molar-refractivity contribution in [2.45, 2.75) is 13.0 Å². The van der Waals surface area contributed by atoms with E-state index in [1.54, 1.807) is 31.2 Å². The molecule has 0 saturated heterocycles. The summed E-state index contributed by atoms with van der Waals surface area (Å²) >= 11 is 0. The highest BCUT2D eigenvalue weighted by molar-refractivity contribution is 5.96. The van der Waals surface area contributed by atoms with E-state index in [-0.39, 0.29) is 0 Å². The van der Waals surface area contributed by atoms with Crippen LogP contribution in [0, 0.1) is 17.5 Å². The molecule has 0 heterocycles. The van der Waals surface area contributed by atoms with Crippen molar-refractivity contribution < 1.29 is 22.7 Å². The molecule has 0 aliphatic heterocycles. The number of hydrogen-bond donors (Lipinski definition) is 2. The summed E-state index contributed by atoms with van der Waals surface area (Å²) in [7, 11) is 1.49. The Labute approximate surface area is 131 Å². The largest absolute Gasteiger partial charge is 0.495 e. The SMILES string of the molecule is COc1ccccc1NC(C)C(=O)Nc1ccc(F)c(F)c1F. The molecule has 23 heavy (non-hydrogen) atoms. The van der Waals surface area contributed by atoms with E-state index in [9.17, 15) is 18.0 Å². The molecule has 122 valence electrons. The molecule has 1 amide bonds. The smallest absolute Gasteiger partial charge is 0.246 e. The molecule has 2 rings (SSSR count). The van der Waals surface area contributed by atoms with Gasteiger partial charge in [0, 0.05) is 0 Å². The average Bonchev–Trinajstić information content (AvgIpc) is 2.55. The first-order valence-electron chi connectivity index (χ1n) is 6.78. The molecule has 7 heteroatoms. The predicted octanol–water partition coefficient (Wildman–Crippen LogP) is 3.55. The van der Waals surface area contributed by atoms with Gasteiger partial charge in [-0.1, -0.05) is 12.1 Å². The molecule has 0 aliphatic rings. The number of hydrogen-bond acceptors (Lipinski definition) is 3. The number of amides is 1. The summed E-state index contributed by atoms with van der Waals surface area (Å²) in [4.78, 5) is 12.1. The van der Waals surface area contributed by atoms with Crippen molar-refractivity contribution in [1.82, 2.24) is 0 Å². The number of carbonyl (C=O) groups is 1. The normalized spacial score (nSPS) is 11.7. The fourth-order valence-electron chi connectivity index (χ4n) is 1.93. The van der Waals surface area contributed by atoms with Gasteiger partial charge in [-0.2, -0.15) is 0 Å². The zero-order valence-electron chi connectivity index (χ0n) is 12.5. The predicted molar refractivity (Wildman–Crippen MR) is 81.0 cm³/mol. The molecule has 0 saturated carbocycles. The number of benzene rings is 2. The second-order valence-electron chi connectivity index (χ2n) is 4.78. The van der Waals surface area contributed by atoms with E-state index in [1.165, 1.54) is 7.11 Å². The van der Waals surface area contributed by atoms with E-state index >= 15 is 0 Å². The van der Waals surface area contributed by atoms with E-state index in [0.717, 1.165) is 12.1 Å². The molecule has 2 aromatic rings. The Morgan fingerprint density at radius 1 is 1.04 bits per heavy atom. The molecule has 0 fully saturated rings. The lowest BCUT2D eigenvalue weighted by Crippen LogP contribution is -2.32. The van der Waals surface area contributed by atoms with Crippen LogP contribution in [0.5, 0.6) is 5.75 Å². The minimum atomic E-state index is -1.63. The maximum absolute atomic E-state index is 13.6. The van der Waals surface area contributed by atoms with Gasteiger partial charge in [-0.05, 0) is 31.2 Å². The molecule has 4 nitrogen and oxygen atoms in total. The van der Waals surface area contributed by atoms with Crippen molar-refractivity contribution in [2.24, 2.45) is 0 Å². The second kappa shape index (κ2) is 7.04. The average molecular weight is 324 g/mol. The number of para-hydroxylation sites is 2. The van der Waals surface area contributed by atoms with Crippen LogP contribution >= 0.6 is 0 Å². The van der Waals surface area contributed by atoms with Crippen LogP contribution in [0.2, 0.25) is 0 Å². The maximum Gasteiger partial charge on any atom is 0.246 e. The van der Waals surface area contributed by atoms with Gasteiger partial charge < -0.3 is 15.4 Å².